The average Bonchev–Trinajstić information content (AvgIpc) is 1.70. The number of aromatic nitrogens is 8. The van der Waals surface area contributed by atoms with Gasteiger partial charge in [-0.05, 0) is 47.1 Å². The average molecular weight is 1490 g/mol. The fourth-order valence-electron chi connectivity index (χ4n) is 11.1. The van der Waals surface area contributed by atoms with E-state index in [4.69, 9.17) is 59.9 Å². The lowest BCUT2D eigenvalue weighted by molar-refractivity contribution is -0.0554. The van der Waals surface area contributed by atoms with Crippen LogP contribution in [0.4, 0.5) is 4.79 Å². The number of thiol groups is 4. The van der Waals surface area contributed by atoms with Crippen LogP contribution in [0.15, 0.2) is 74.9 Å². The molecule has 0 saturated carbocycles. The monoisotopic (exact) mass is 1490 g/mol. The quantitative estimate of drug-likeness (QED) is 0.0337. The highest BCUT2D eigenvalue weighted by molar-refractivity contribution is 8.45. The number of aliphatic hydroxyl groups is 1. The molecular formula is C50H68N10O27P4S4. The Hall–Kier alpha value is -4.51. The van der Waals surface area contributed by atoms with E-state index in [0.29, 0.717) is 0 Å². The highest BCUT2D eigenvalue weighted by Crippen LogP contribution is 2.61. The van der Waals surface area contributed by atoms with Gasteiger partial charge in [-0.1, -0.05) is 49.0 Å². The normalized spacial score (nSPS) is 31.2. The van der Waals surface area contributed by atoms with E-state index in [1.54, 1.807) is 13.8 Å². The fourth-order valence-corrected chi connectivity index (χ4v) is 17.2. The van der Waals surface area contributed by atoms with Crippen molar-refractivity contribution in [1.82, 2.24) is 48.4 Å². The molecule has 5 unspecified atom stereocenters. The third-order valence-electron chi connectivity index (χ3n) is 16.0. The molecule has 45 heteroatoms. The summed E-state index contributed by atoms with van der Waals surface area (Å²) in [7, 11) is 0. The minimum Gasteiger partial charge on any atom is -0.390 e. The zero-order chi connectivity index (χ0) is 69.0. The number of hydrogen-bond donors (Lipinski definition) is 10. The number of urea groups is 1. The number of rotatable bonds is 25. The van der Waals surface area contributed by atoms with Gasteiger partial charge in [0.1, 0.15) is 73.9 Å². The van der Waals surface area contributed by atoms with Gasteiger partial charge in [0.05, 0.1) is 44.7 Å². The van der Waals surface area contributed by atoms with Gasteiger partial charge in [0.15, 0.2) is 0 Å². The van der Waals surface area contributed by atoms with Crippen LogP contribution in [-0.4, -0.2) is 154 Å². The maximum absolute atomic E-state index is 14.5. The number of aliphatic hydroxyl groups excluding tert-OH is 1. The molecule has 6 aliphatic rings. The first-order valence-electron chi connectivity index (χ1n) is 29.1. The Balaban J connectivity index is 0.825. The summed E-state index contributed by atoms with van der Waals surface area (Å²) in [5, 5.41) is 13.6. The van der Waals surface area contributed by atoms with Crippen molar-refractivity contribution in [3.63, 3.8) is 0 Å². The maximum atomic E-state index is 14.5. The summed E-state index contributed by atoms with van der Waals surface area (Å²) in [6, 6.07) is -0.568. The van der Waals surface area contributed by atoms with Crippen molar-refractivity contribution in [2.75, 3.05) is 33.0 Å². The Morgan fingerprint density at radius 3 is 1.13 bits per heavy atom. The van der Waals surface area contributed by atoms with Crippen LogP contribution >= 0.6 is 76.2 Å². The minimum atomic E-state index is -4.74. The van der Waals surface area contributed by atoms with E-state index in [-0.39, 0.29) is 60.9 Å². The highest BCUT2D eigenvalue weighted by Gasteiger charge is 2.49. The van der Waals surface area contributed by atoms with Crippen molar-refractivity contribution in [3.8, 4) is 0 Å². The second kappa shape index (κ2) is 29.4. The van der Waals surface area contributed by atoms with Crippen LogP contribution in [-0.2, 0) is 78.1 Å². The third kappa shape index (κ3) is 17.7. The van der Waals surface area contributed by atoms with Crippen molar-refractivity contribution in [2.45, 2.75) is 166 Å². The summed E-state index contributed by atoms with van der Waals surface area (Å²) in [6.45, 7) is -11.8. The van der Waals surface area contributed by atoms with E-state index in [2.05, 4.69) is 74.2 Å². The van der Waals surface area contributed by atoms with Gasteiger partial charge in [0.25, 0.3) is 22.2 Å². The van der Waals surface area contributed by atoms with Gasteiger partial charge in [-0.3, -0.25) is 98.5 Å². The van der Waals surface area contributed by atoms with Crippen molar-refractivity contribution in [3.05, 3.63) is 142 Å². The molecule has 6 N–H and O–H groups in total. The summed E-state index contributed by atoms with van der Waals surface area (Å²) in [6.07, 6.45) is -13.0. The molecule has 0 spiro atoms. The van der Waals surface area contributed by atoms with Crippen LogP contribution in [0.5, 0.6) is 0 Å². The predicted molar refractivity (Wildman–Crippen MR) is 342 cm³/mol. The minimum absolute atomic E-state index is 0.0277. The molecule has 10 rings (SSSR count). The number of nitrogens with zero attached hydrogens (tertiary/aromatic N) is 5. The van der Waals surface area contributed by atoms with Gasteiger partial charge in [0, 0.05) is 91.9 Å². The molecule has 0 bridgehead atoms. The number of ether oxygens (including phenoxy) is 5. The lowest BCUT2D eigenvalue weighted by Crippen LogP contribution is -2.46. The van der Waals surface area contributed by atoms with Crippen LogP contribution in [0.1, 0.15) is 93.1 Å². The number of aryl methyl sites for hydroxylation is 4. The van der Waals surface area contributed by atoms with Gasteiger partial charge >= 0.3 is 56.0 Å². The van der Waals surface area contributed by atoms with Crippen molar-refractivity contribution >= 4 is 82.2 Å². The first-order valence-corrected chi connectivity index (χ1v) is 39.9. The Kier molecular flexibility index (Phi) is 22.6. The lowest BCUT2D eigenvalue weighted by atomic mass is 10.2. The van der Waals surface area contributed by atoms with Gasteiger partial charge in [-0.25, -0.2) is 42.2 Å². The first kappa shape index (κ1) is 73.2. The summed E-state index contributed by atoms with van der Waals surface area (Å²) in [5.41, 5.74) is -4.74. The Morgan fingerprint density at radius 2 is 0.747 bits per heavy atom. The molecule has 37 nitrogen and oxygen atoms in total. The van der Waals surface area contributed by atoms with E-state index < -0.39 is 197 Å². The van der Waals surface area contributed by atoms with Crippen LogP contribution < -0.4 is 50.3 Å². The smallest absolute Gasteiger partial charge is 0.386 e. The standard InChI is InChI=1S/C50H68N10O27P4S4/c1-22-12-51-46(66)56(13-22)39-9-30(34(81-39)19-76-88(71,92)84-29-8-38(79-27(29)6)58-15-24(3)43(63)53-48(58)68)86-90(73,94)77-21-36-32(11-41(83-36)60-17-26(5)45(65)55-50(60)70)87-91(74,95)78-20-35-31(10-40(82-35)59-16-25(4)44(64)54-49(59)69)85-89(72,93)75-18-33-28(61)7-37(80-33)57-14-23(2)42(62)52-47(57)67/h13-17,27-41,61H,7-12,18-21H2,1-6H3,(H,51,66)(H,71,92)(H,72,93)(H,73,94)(H,74,95)(H,52,62,67)(H,53,63,68)(H,54,64,69)(H,55,65,70)/t27-,28?,29?,30?,31?,32?,33-,34-,35-,36-,37-,38-,39-,40-,41-,88-,89-,90-,91-/m1/s1. The summed E-state index contributed by atoms with van der Waals surface area (Å²) >= 11 is 16.8. The SMILES string of the molecule is CC1=CN([C@H]2CC(O[P@](=O)(S)OC[C@H]3O[C@@H](n4cc(C)c(=O)[nH]c4=O)CC3O[P@](=O)(S)OC[C@H]3O[C@@H](n4cc(C)c(=O)[nH]c4=O)CC3O[P@](=O)(S)OC[C@H]3O[C@@H](n4cc(C)c(=O)[nH]c4=O)CC3O)[C@@H](CO[P@@](=O)(S)OC3C[C@H](n4cc(C)c(=O)[nH]c4=O)O[C@@H]3C)O2)C(=O)NC1. The van der Waals surface area contributed by atoms with Crippen LogP contribution in [0.3, 0.4) is 0 Å². The summed E-state index contributed by atoms with van der Waals surface area (Å²) < 4.78 is 138. The van der Waals surface area contributed by atoms with Crippen molar-refractivity contribution in [1.29, 1.82) is 0 Å². The molecule has 10 heterocycles. The fraction of sp³-hybridized carbons (Fsp3) is 0.620. The molecule has 5 saturated heterocycles. The van der Waals surface area contributed by atoms with Gasteiger partial charge in [0.2, 0.25) is 0 Å². The number of hydrogen-bond acceptors (Lipinski definition) is 27. The molecule has 19 atom stereocenters. The van der Waals surface area contributed by atoms with Gasteiger partial charge in [-0.15, -0.1) is 0 Å². The molecule has 524 valence electrons. The molecule has 0 aliphatic carbocycles. The molecule has 0 radical (unpaired) electrons. The largest absolute Gasteiger partial charge is 0.390 e. The zero-order valence-electron chi connectivity index (χ0n) is 51.0. The van der Waals surface area contributed by atoms with E-state index in [9.17, 15) is 66.5 Å². The lowest BCUT2D eigenvalue weighted by Gasteiger charge is -2.29. The Morgan fingerprint density at radius 1 is 0.453 bits per heavy atom. The zero-order valence-corrected chi connectivity index (χ0v) is 58.1. The van der Waals surface area contributed by atoms with Crippen LogP contribution in [0.2, 0.25) is 0 Å². The second-order valence-corrected chi connectivity index (χ2v) is 34.7. The van der Waals surface area contributed by atoms with Crippen LogP contribution in [0, 0.1) is 27.7 Å². The Labute approximate surface area is 556 Å². The maximum Gasteiger partial charge on any atom is 0.386 e. The second-order valence-electron chi connectivity index (χ2n) is 23.1. The number of carbonyl (C=O) groups excluding carboxylic acids is 1. The van der Waals surface area contributed by atoms with E-state index in [1.807, 2.05) is 0 Å². The molecule has 0 aromatic carbocycles. The molecule has 2 amide bonds. The predicted octanol–water partition coefficient (Wildman–Crippen LogP) is 2.75. The number of amides is 2. The van der Waals surface area contributed by atoms with Gasteiger partial charge < -0.3 is 34.1 Å². The highest BCUT2D eigenvalue weighted by atomic mass is 32.7. The number of carbonyl (C=O) groups is 1. The van der Waals surface area contributed by atoms with Crippen molar-refractivity contribution in [2.24, 2.45) is 0 Å². The topological polar surface area (TPSA) is 460 Å². The number of H-pyrrole nitrogens is 4. The van der Waals surface area contributed by atoms with E-state index in [1.165, 1.54) is 63.6 Å². The molecule has 6 aliphatic heterocycles. The van der Waals surface area contributed by atoms with Gasteiger partial charge in [-0.2, -0.15) is 0 Å². The van der Waals surface area contributed by atoms with E-state index >= 15 is 0 Å². The summed E-state index contributed by atoms with van der Waals surface area (Å²) in [4.78, 5) is 123. The number of aromatic amines is 4. The molecule has 4 aromatic rings. The molecule has 5 fully saturated rings. The Bertz CT molecular complexity index is 4330. The third-order valence-corrected chi connectivity index (χ3v) is 22.6. The van der Waals surface area contributed by atoms with E-state index in [0.717, 1.165) is 23.8 Å². The molecule has 95 heavy (non-hydrogen) atoms. The van der Waals surface area contributed by atoms with Crippen molar-refractivity contribution < 1.29 is 88.0 Å². The molecule has 4 aromatic heterocycles. The first-order chi connectivity index (χ1) is 44.5. The molecular weight excluding hydrogens is 1420 g/mol. The number of nitrogens with one attached hydrogen (secondary N) is 5. The van der Waals surface area contributed by atoms with Crippen LogP contribution in [0.25, 0.3) is 0 Å². The summed E-state index contributed by atoms with van der Waals surface area (Å²) in [5.74, 6) is 0.